The van der Waals surface area contributed by atoms with Crippen LogP contribution in [0, 0.1) is 5.92 Å². The van der Waals surface area contributed by atoms with Crippen molar-refractivity contribution in [3.8, 4) is 0 Å². The number of hydrogen-bond acceptors (Lipinski definition) is 4. The number of nitrogens with zero attached hydrogens (tertiary/aromatic N) is 3. The van der Waals surface area contributed by atoms with Gasteiger partial charge in [0.25, 0.3) is 5.56 Å². The molecule has 156 valence electrons. The second kappa shape index (κ2) is 8.44. The fourth-order valence-electron chi connectivity index (χ4n) is 3.27. The number of pyridine rings is 2. The zero-order valence-corrected chi connectivity index (χ0v) is 16.4. The van der Waals surface area contributed by atoms with Crippen LogP contribution in [0.4, 0.5) is 24.7 Å². The molecule has 3 heterocycles. The topological polar surface area (TPSA) is 67.2 Å². The van der Waals surface area contributed by atoms with Gasteiger partial charge in [0.15, 0.2) is 0 Å². The standard InChI is InChI=1S/C19H20ClF3N4O2/c1-2-26-11-14(3-4-16(26)28)25-18(29)12-5-7-27(8-6-12)17-15(20)9-13(10-24-17)19(21,22)23/h3-4,9-12H,2,5-8H2,1H3,(H,25,29). The van der Waals surface area contributed by atoms with E-state index in [9.17, 15) is 22.8 Å². The van der Waals surface area contributed by atoms with Gasteiger partial charge >= 0.3 is 6.18 Å². The summed E-state index contributed by atoms with van der Waals surface area (Å²) in [5.41, 5.74) is -0.486. The maximum absolute atomic E-state index is 12.8. The molecule has 0 unspecified atom stereocenters. The molecule has 1 aliphatic rings. The highest BCUT2D eigenvalue weighted by Gasteiger charge is 2.33. The molecule has 2 aromatic rings. The first-order valence-electron chi connectivity index (χ1n) is 9.18. The van der Waals surface area contributed by atoms with Crippen LogP contribution < -0.4 is 15.8 Å². The van der Waals surface area contributed by atoms with Crippen molar-refractivity contribution < 1.29 is 18.0 Å². The third kappa shape index (κ3) is 4.90. The van der Waals surface area contributed by atoms with Crippen molar-refractivity contribution in [3.63, 3.8) is 0 Å². The summed E-state index contributed by atoms with van der Waals surface area (Å²) in [5, 5.41) is 2.75. The quantitative estimate of drug-likeness (QED) is 0.804. The summed E-state index contributed by atoms with van der Waals surface area (Å²) in [4.78, 5) is 29.8. The first-order valence-corrected chi connectivity index (χ1v) is 9.56. The van der Waals surface area contributed by atoms with Crippen molar-refractivity contribution in [1.29, 1.82) is 0 Å². The molecular formula is C19H20ClF3N4O2. The number of carbonyl (C=O) groups excluding carboxylic acids is 1. The molecule has 0 spiro atoms. The maximum atomic E-state index is 12.8. The van der Waals surface area contributed by atoms with E-state index in [1.165, 1.54) is 10.6 Å². The molecule has 0 bridgehead atoms. The van der Waals surface area contributed by atoms with Gasteiger partial charge < -0.3 is 14.8 Å². The summed E-state index contributed by atoms with van der Waals surface area (Å²) >= 11 is 6.01. The van der Waals surface area contributed by atoms with E-state index in [1.807, 2.05) is 6.92 Å². The Balaban J connectivity index is 1.62. The van der Waals surface area contributed by atoms with Crippen molar-refractivity contribution >= 4 is 29.0 Å². The van der Waals surface area contributed by atoms with Gasteiger partial charge in [0.2, 0.25) is 5.91 Å². The third-order valence-corrected chi connectivity index (χ3v) is 5.18. The van der Waals surface area contributed by atoms with Crippen molar-refractivity contribution in [2.45, 2.75) is 32.5 Å². The molecule has 0 aliphatic carbocycles. The zero-order valence-electron chi connectivity index (χ0n) is 15.7. The second-order valence-electron chi connectivity index (χ2n) is 6.82. The zero-order chi connectivity index (χ0) is 21.2. The number of halogens is 4. The molecule has 1 saturated heterocycles. The number of aromatic nitrogens is 2. The Morgan fingerprint density at radius 3 is 2.59 bits per heavy atom. The van der Waals surface area contributed by atoms with Crippen LogP contribution in [0.2, 0.25) is 5.02 Å². The van der Waals surface area contributed by atoms with Crippen LogP contribution in [-0.2, 0) is 17.5 Å². The largest absolute Gasteiger partial charge is 0.417 e. The lowest BCUT2D eigenvalue weighted by Crippen LogP contribution is -2.38. The summed E-state index contributed by atoms with van der Waals surface area (Å²) in [5.74, 6) is -0.118. The van der Waals surface area contributed by atoms with Crippen molar-refractivity contribution in [3.05, 3.63) is 51.5 Å². The van der Waals surface area contributed by atoms with E-state index in [4.69, 9.17) is 11.6 Å². The number of piperidine rings is 1. The SMILES string of the molecule is CCn1cc(NC(=O)C2CCN(c3ncc(C(F)(F)F)cc3Cl)CC2)ccc1=O. The van der Waals surface area contributed by atoms with Gasteiger partial charge in [0, 0.05) is 44.0 Å². The minimum atomic E-state index is -4.50. The van der Waals surface area contributed by atoms with Crippen LogP contribution in [0.1, 0.15) is 25.3 Å². The van der Waals surface area contributed by atoms with Crippen LogP contribution >= 0.6 is 11.6 Å². The molecule has 0 aromatic carbocycles. The van der Waals surface area contributed by atoms with Crippen LogP contribution in [0.15, 0.2) is 35.4 Å². The van der Waals surface area contributed by atoms with Crippen molar-refractivity contribution in [2.24, 2.45) is 5.92 Å². The van der Waals surface area contributed by atoms with Gasteiger partial charge in [-0.05, 0) is 31.9 Å². The highest BCUT2D eigenvalue weighted by atomic mass is 35.5. The molecule has 29 heavy (non-hydrogen) atoms. The molecule has 6 nitrogen and oxygen atoms in total. The number of carbonyl (C=O) groups is 1. The molecule has 0 atom stereocenters. The Labute approximate surface area is 170 Å². The Morgan fingerprint density at radius 2 is 2.00 bits per heavy atom. The molecule has 1 amide bonds. The lowest BCUT2D eigenvalue weighted by atomic mass is 9.96. The van der Waals surface area contributed by atoms with Crippen molar-refractivity contribution in [1.82, 2.24) is 9.55 Å². The van der Waals surface area contributed by atoms with Crippen LogP contribution in [0.25, 0.3) is 0 Å². The normalized spacial score (nSPS) is 15.4. The maximum Gasteiger partial charge on any atom is 0.417 e. The van der Waals surface area contributed by atoms with Crippen LogP contribution in [0.5, 0.6) is 0 Å². The van der Waals surface area contributed by atoms with Gasteiger partial charge in [0.05, 0.1) is 16.3 Å². The number of hydrogen-bond donors (Lipinski definition) is 1. The van der Waals surface area contributed by atoms with E-state index in [1.54, 1.807) is 17.2 Å². The van der Waals surface area contributed by atoms with E-state index in [2.05, 4.69) is 10.3 Å². The van der Waals surface area contributed by atoms with E-state index in [0.717, 1.165) is 12.3 Å². The average molecular weight is 429 g/mol. The van der Waals surface area contributed by atoms with E-state index >= 15 is 0 Å². The predicted molar refractivity (Wildman–Crippen MR) is 104 cm³/mol. The molecule has 10 heteroatoms. The van der Waals surface area contributed by atoms with Gasteiger partial charge in [0.1, 0.15) is 5.82 Å². The second-order valence-corrected chi connectivity index (χ2v) is 7.23. The molecular weight excluding hydrogens is 409 g/mol. The molecule has 1 aliphatic heterocycles. The molecule has 0 saturated carbocycles. The monoisotopic (exact) mass is 428 g/mol. The fraction of sp³-hybridized carbons (Fsp3) is 0.421. The van der Waals surface area contributed by atoms with E-state index < -0.39 is 11.7 Å². The average Bonchev–Trinajstić information content (AvgIpc) is 2.68. The van der Waals surface area contributed by atoms with Gasteiger partial charge in [-0.15, -0.1) is 0 Å². The minimum Gasteiger partial charge on any atom is -0.355 e. The molecule has 3 rings (SSSR count). The van der Waals surface area contributed by atoms with Crippen molar-refractivity contribution in [2.75, 3.05) is 23.3 Å². The molecule has 2 aromatic heterocycles. The Morgan fingerprint density at radius 1 is 1.31 bits per heavy atom. The van der Waals surface area contributed by atoms with Gasteiger partial charge in [-0.25, -0.2) is 4.98 Å². The van der Waals surface area contributed by atoms with E-state index in [0.29, 0.717) is 38.2 Å². The predicted octanol–water partition coefficient (Wildman–Crippen LogP) is 3.79. The first kappa shape index (κ1) is 21.2. The molecule has 1 fully saturated rings. The highest BCUT2D eigenvalue weighted by molar-refractivity contribution is 6.33. The van der Waals surface area contributed by atoms with E-state index in [-0.39, 0.29) is 28.2 Å². The fourth-order valence-corrected chi connectivity index (χ4v) is 3.55. The molecule has 1 N–H and O–H groups in total. The number of anilines is 2. The molecule has 0 radical (unpaired) electrons. The van der Waals surface area contributed by atoms with Gasteiger partial charge in [-0.2, -0.15) is 13.2 Å². The number of aryl methyl sites for hydroxylation is 1. The summed E-state index contributed by atoms with van der Waals surface area (Å²) in [7, 11) is 0. The smallest absolute Gasteiger partial charge is 0.355 e. The van der Waals surface area contributed by atoms with Crippen LogP contribution in [0.3, 0.4) is 0 Å². The van der Waals surface area contributed by atoms with Gasteiger partial charge in [-0.3, -0.25) is 9.59 Å². The summed E-state index contributed by atoms with van der Waals surface area (Å²) < 4.78 is 39.8. The highest BCUT2D eigenvalue weighted by Crippen LogP contribution is 2.34. The Hall–Kier alpha value is -2.55. The Bertz CT molecular complexity index is 953. The first-order chi connectivity index (χ1) is 13.7. The lowest BCUT2D eigenvalue weighted by molar-refractivity contribution is -0.137. The number of nitrogens with one attached hydrogen (secondary N) is 1. The Kier molecular flexibility index (Phi) is 6.16. The number of amides is 1. The lowest BCUT2D eigenvalue weighted by Gasteiger charge is -2.32. The third-order valence-electron chi connectivity index (χ3n) is 4.91. The summed E-state index contributed by atoms with van der Waals surface area (Å²) in [6.07, 6.45) is -1.11. The van der Waals surface area contributed by atoms with Crippen LogP contribution in [-0.4, -0.2) is 28.5 Å². The summed E-state index contributed by atoms with van der Waals surface area (Å²) in [6, 6.07) is 3.83. The number of alkyl halides is 3. The summed E-state index contributed by atoms with van der Waals surface area (Å²) in [6.45, 7) is 3.24. The minimum absolute atomic E-state index is 0.0652. The van der Waals surface area contributed by atoms with Gasteiger partial charge in [-0.1, -0.05) is 11.6 Å². The number of rotatable bonds is 4.